The summed E-state index contributed by atoms with van der Waals surface area (Å²) in [5.74, 6) is 0.316. The molecule has 0 bridgehead atoms. The third-order valence-corrected chi connectivity index (χ3v) is 5.32. The Kier molecular flexibility index (Phi) is 5.67. The molecule has 0 saturated heterocycles. The lowest BCUT2D eigenvalue weighted by Gasteiger charge is -2.17. The number of aromatic nitrogens is 2. The molecule has 1 aliphatic rings. The van der Waals surface area contributed by atoms with Crippen molar-refractivity contribution in [2.75, 3.05) is 18.6 Å². The lowest BCUT2D eigenvalue weighted by molar-refractivity contribution is -0.141. The number of rotatable bonds is 6. The molecule has 0 saturated carbocycles. The molecule has 162 valence electrons. The zero-order chi connectivity index (χ0) is 22.0. The van der Waals surface area contributed by atoms with Gasteiger partial charge in [-0.1, -0.05) is 29.4 Å². The van der Waals surface area contributed by atoms with Crippen molar-refractivity contribution >= 4 is 11.7 Å². The number of hydrogen-bond acceptors (Lipinski definition) is 6. The van der Waals surface area contributed by atoms with Crippen LogP contribution < -0.4 is 4.90 Å². The van der Waals surface area contributed by atoms with Crippen LogP contribution in [0.3, 0.4) is 0 Å². The van der Waals surface area contributed by atoms with Crippen LogP contribution in [0, 0.1) is 0 Å². The number of methoxy groups -OCH3 is 1. The molecule has 31 heavy (non-hydrogen) atoms. The predicted octanol–water partition coefficient (Wildman–Crippen LogP) is 4.81. The van der Waals surface area contributed by atoms with Gasteiger partial charge in [0.15, 0.2) is 5.82 Å². The van der Waals surface area contributed by atoms with E-state index in [0.29, 0.717) is 31.8 Å². The average molecular weight is 431 g/mol. The number of anilines is 1. The van der Waals surface area contributed by atoms with Crippen LogP contribution in [-0.4, -0.2) is 29.8 Å². The maximum absolute atomic E-state index is 13.0. The number of halogens is 3. The van der Waals surface area contributed by atoms with Crippen molar-refractivity contribution in [1.29, 1.82) is 0 Å². The number of carbonyl (C=O) groups excluding carboxylic acids is 1. The highest BCUT2D eigenvalue weighted by Gasteiger charge is 2.32. The number of hydrogen-bond donors (Lipinski definition) is 0. The van der Waals surface area contributed by atoms with Crippen LogP contribution in [0.1, 0.15) is 35.7 Å². The molecule has 0 amide bonds. The summed E-state index contributed by atoms with van der Waals surface area (Å²) >= 11 is 0. The highest BCUT2D eigenvalue weighted by Crippen LogP contribution is 2.39. The predicted molar refractivity (Wildman–Crippen MR) is 106 cm³/mol. The summed E-state index contributed by atoms with van der Waals surface area (Å²) in [6.45, 7) is 1.01. The lowest BCUT2D eigenvalue weighted by atomic mass is 9.96. The van der Waals surface area contributed by atoms with Gasteiger partial charge in [0, 0.05) is 30.1 Å². The maximum Gasteiger partial charge on any atom is 0.416 e. The molecule has 1 unspecified atom stereocenters. The Bertz CT molecular complexity index is 1080. The van der Waals surface area contributed by atoms with Gasteiger partial charge in [-0.15, -0.1) is 0 Å². The fourth-order valence-electron chi connectivity index (χ4n) is 3.81. The van der Waals surface area contributed by atoms with Gasteiger partial charge >= 0.3 is 12.1 Å². The SMILES string of the molecule is COC(=O)CCC1CN(Cc2noc(-c3cccc(C(F)(F)F)c3)n2)c2ccccc21. The molecule has 9 heteroatoms. The second kappa shape index (κ2) is 8.41. The van der Waals surface area contributed by atoms with E-state index in [2.05, 4.69) is 15.0 Å². The van der Waals surface area contributed by atoms with E-state index in [9.17, 15) is 18.0 Å². The van der Waals surface area contributed by atoms with E-state index < -0.39 is 11.7 Å². The molecule has 1 aromatic heterocycles. The van der Waals surface area contributed by atoms with Crippen molar-refractivity contribution in [2.45, 2.75) is 31.5 Å². The minimum Gasteiger partial charge on any atom is -0.469 e. The monoisotopic (exact) mass is 431 g/mol. The molecular weight excluding hydrogens is 411 g/mol. The topological polar surface area (TPSA) is 68.5 Å². The number of benzene rings is 2. The Hall–Kier alpha value is -3.36. The van der Waals surface area contributed by atoms with Gasteiger partial charge < -0.3 is 14.2 Å². The third kappa shape index (κ3) is 4.55. The van der Waals surface area contributed by atoms with Crippen LogP contribution in [0.15, 0.2) is 53.1 Å². The van der Waals surface area contributed by atoms with Gasteiger partial charge in [0.2, 0.25) is 0 Å². The van der Waals surface area contributed by atoms with E-state index in [1.165, 1.54) is 19.2 Å². The number of alkyl halides is 3. The molecule has 0 fully saturated rings. The zero-order valence-electron chi connectivity index (χ0n) is 16.7. The van der Waals surface area contributed by atoms with Crippen LogP contribution >= 0.6 is 0 Å². The van der Waals surface area contributed by atoms with Gasteiger partial charge in [0.1, 0.15) is 0 Å². The van der Waals surface area contributed by atoms with Gasteiger partial charge in [-0.2, -0.15) is 18.2 Å². The molecule has 1 atom stereocenters. The van der Waals surface area contributed by atoms with Crippen LogP contribution in [0.25, 0.3) is 11.5 Å². The summed E-state index contributed by atoms with van der Waals surface area (Å²) in [5.41, 5.74) is 1.59. The Labute approximate surface area is 176 Å². The molecule has 3 aromatic rings. The summed E-state index contributed by atoms with van der Waals surface area (Å²) in [4.78, 5) is 17.9. The highest BCUT2D eigenvalue weighted by atomic mass is 19.4. The number of carbonyl (C=O) groups is 1. The highest BCUT2D eigenvalue weighted by molar-refractivity contribution is 5.69. The van der Waals surface area contributed by atoms with Crippen molar-refractivity contribution in [2.24, 2.45) is 0 Å². The minimum absolute atomic E-state index is 0.0378. The number of ether oxygens (including phenoxy) is 1. The average Bonchev–Trinajstić information content (AvgIpc) is 3.37. The first-order valence-corrected chi connectivity index (χ1v) is 9.76. The molecule has 1 aliphatic heterocycles. The van der Waals surface area contributed by atoms with Crippen molar-refractivity contribution in [3.63, 3.8) is 0 Å². The van der Waals surface area contributed by atoms with E-state index in [1.807, 2.05) is 24.3 Å². The van der Waals surface area contributed by atoms with Gasteiger partial charge in [0.25, 0.3) is 5.89 Å². The second-order valence-electron chi connectivity index (χ2n) is 7.35. The van der Waals surface area contributed by atoms with E-state index in [1.54, 1.807) is 0 Å². The van der Waals surface area contributed by atoms with E-state index in [-0.39, 0.29) is 23.3 Å². The van der Waals surface area contributed by atoms with Crippen molar-refractivity contribution < 1.29 is 27.2 Å². The molecule has 2 aromatic carbocycles. The number of para-hydroxylation sites is 1. The largest absolute Gasteiger partial charge is 0.469 e. The molecule has 0 radical (unpaired) electrons. The van der Waals surface area contributed by atoms with Crippen molar-refractivity contribution in [3.05, 3.63) is 65.5 Å². The van der Waals surface area contributed by atoms with Gasteiger partial charge in [-0.3, -0.25) is 4.79 Å². The standard InChI is InChI=1S/C22H20F3N3O3/c1-30-20(29)10-9-15-12-28(18-8-3-2-7-17(15)18)13-19-26-21(31-27-19)14-5-4-6-16(11-14)22(23,24)25/h2-8,11,15H,9-10,12-13H2,1H3. The minimum atomic E-state index is -4.45. The summed E-state index contributed by atoms with van der Waals surface area (Å²) in [6.07, 6.45) is -3.47. The van der Waals surface area contributed by atoms with Gasteiger partial charge in [-0.25, -0.2) is 0 Å². The van der Waals surface area contributed by atoms with Gasteiger partial charge in [-0.05, 0) is 36.2 Å². The summed E-state index contributed by atoms with van der Waals surface area (Å²) < 4.78 is 48.9. The van der Waals surface area contributed by atoms with Crippen molar-refractivity contribution in [3.8, 4) is 11.5 Å². The third-order valence-electron chi connectivity index (χ3n) is 5.32. The molecule has 0 N–H and O–H groups in total. The molecular formula is C22H20F3N3O3. The Morgan fingerprint density at radius 3 is 2.81 bits per heavy atom. The first kappa shape index (κ1) is 20.9. The maximum atomic E-state index is 13.0. The molecule has 0 aliphatic carbocycles. The quantitative estimate of drug-likeness (QED) is 0.522. The van der Waals surface area contributed by atoms with Crippen LogP contribution in [0.4, 0.5) is 18.9 Å². The van der Waals surface area contributed by atoms with Gasteiger partial charge in [0.05, 0.1) is 19.2 Å². The van der Waals surface area contributed by atoms with Crippen LogP contribution in [0.2, 0.25) is 0 Å². The van der Waals surface area contributed by atoms with Crippen LogP contribution in [0.5, 0.6) is 0 Å². The smallest absolute Gasteiger partial charge is 0.416 e. The molecule has 0 spiro atoms. The number of nitrogens with zero attached hydrogens (tertiary/aromatic N) is 3. The first-order chi connectivity index (χ1) is 14.8. The van der Waals surface area contributed by atoms with Crippen molar-refractivity contribution in [1.82, 2.24) is 10.1 Å². The first-order valence-electron chi connectivity index (χ1n) is 9.76. The second-order valence-corrected chi connectivity index (χ2v) is 7.35. The van der Waals surface area contributed by atoms with E-state index >= 15 is 0 Å². The Morgan fingerprint density at radius 2 is 2.03 bits per heavy atom. The van der Waals surface area contributed by atoms with E-state index in [0.717, 1.165) is 23.4 Å². The van der Waals surface area contributed by atoms with Crippen LogP contribution in [-0.2, 0) is 22.3 Å². The Morgan fingerprint density at radius 1 is 1.23 bits per heavy atom. The fourth-order valence-corrected chi connectivity index (χ4v) is 3.81. The zero-order valence-corrected chi connectivity index (χ0v) is 16.7. The Balaban J connectivity index is 1.51. The fraction of sp³-hybridized carbons (Fsp3) is 0.318. The summed E-state index contributed by atoms with van der Waals surface area (Å²) in [7, 11) is 1.37. The lowest BCUT2D eigenvalue weighted by Crippen LogP contribution is -2.22. The van der Waals surface area contributed by atoms with E-state index in [4.69, 9.17) is 9.26 Å². The molecule has 6 nitrogen and oxygen atoms in total. The summed E-state index contributed by atoms with van der Waals surface area (Å²) in [6, 6.07) is 12.7. The number of esters is 1. The number of fused-ring (bicyclic) bond motifs is 1. The summed E-state index contributed by atoms with van der Waals surface area (Å²) in [5, 5.41) is 3.95. The molecule has 4 rings (SSSR count). The normalized spacial score (nSPS) is 15.7. The molecule has 2 heterocycles.